The molecule has 3 aromatic rings. The Morgan fingerprint density at radius 3 is 2.55 bits per heavy atom. The minimum absolute atomic E-state index is 0.0421. The fourth-order valence-corrected chi connectivity index (χ4v) is 9.07. The van der Waals surface area contributed by atoms with Crippen molar-refractivity contribution in [1.29, 1.82) is 0 Å². The number of fused-ring (bicyclic) bond motifs is 3. The average Bonchev–Trinajstić information content (AvgIpc) is 3.50. The number of carbonyl (C=O) groups is 1. The molecular formula is C37H45ClN4O2. The van der Waals surface area contributed by atoms with Crippen molar-refractivity contribution in [2.45, 2.75) is 83.3 Å². The number of halogens is 1. The number of aryl methyl sites for hydroxylation is 1. The van der Waals surface area contributed by atoms with Crippen LogP contribution in [0.1, 0.15) is 80.5 Å². The van der Waals surface area contributed by atoms with Crippen LogP contribution >= 0.6 is 11.6 Å². The Kier molecular flexibility index (Phi) is 8.09. The Morgan fingerprint density at radius 2 is 1.82 bits per heavy atom. The molecule has 44 heavy (non-hydrogen) atoms. The lowest BCUT2D eigenvalue weighted by Crippen LogP contribution is -2.48. The van der Waals surface area contributed by atoms with Gasteiger partial charge in [0.15, 0.2) is 0 Å². The van der Waals surface area contributed by atoms with Crippen LogP contribution in [0.2, 0.25) is 5.02 Å². The Hall–Kier alpha value is -3.09. The van der Waals surface area contributed by atoms with E-state index < -0.39 is 0 Å². The minimum atomic E-state index is 0.0421. The molecule has 0 N–H and O–H groups in total. The van der Waals surface area contributed by atoms with E-state index in [1.807, 2.05) is 4.90 Å². The SMILES string of the molecule is COc1cc(Cl)ccc1C(=O)N1CCC(CCN2[C@@H]3CC[C@H]2CC(n2c(C)nc4ccccc42)C3)(C2=CC=CC(C)C2)CC1. The molecule has 232 valence electrons. The second kappa shape index (κ2) is 12.0. The summed E-state index contributed by atoms with van der Waals surface area (Å²) < 4.78 is 8.05. The van der Waals surface area contributed by atoms with Gasteiger partial charge in [0.25, 0.3) is 5.91 Å². The molecule has 3 saturated heterocycles. The van der Waals surface area contributed by atoms with E-state index in [0.717, 1.165) is 56.7 Å². The number of hydrogen-bond donors (Lipinski definition) is 0. The van der Waals surface area contributed by atoms with Gasteiger partial charge in [0.1, 0.15) is 11.6 Å². The van der Waals surface area contributed by atoms with Gasteiger partial charge in [-0.25, -0.2) is 4.98 Å². The van der Waals surface area contributed by atoms with E-state index in [-0.39, 0.29) is 11.3 Å². The van der Waals surface area contributed by atoms with Crippen LogP contribution in [0.5, 0.6) is 5.75 Å². The maximum absolute atomic E-state index is 13.6. The molecule has 1 aliphatic carbocycles. The summed E-state index contributed by atoms with van der Waals surface area (Å²) in [6, 6.07) is 15.7. The third-order valence-corrected chi connectivity index (χ3v) is 11.4. The highest BCUT2D eigenvalue weighted by Crippen LogP contribution is 2.48. The van der Waals surface area contributed by atoms with E-state index in [0.29, 0.717) is 40.4 Å². The maximum atomic E-state index is 13.6. The second-order valence-corrected chi connectivity index (χ2v) is 14.1. The van der Waals surface area contributed by atoms with E-state index in [9.17, 15) is 4.79 Å². The molecule has 0 spiro atoms. The molecular weight excluding hydrogens is 568 g/mol. The van der Waals surface area contributed by atoms with E-state index in [1.54, 1.807) is 30.9 Å². The maximum Gasteiger partial charge on any atom is 0.257 e. The molecule has 4 heterocycles. The Bertz CT molecular complexity index is 1590. The van der Waals surface area contributed by atoms with E-state index >= 15 is 0 Å². The van der Waals surface area contributed by atoms with Gasteiger partial charge in [0.2, 0.25) is 0 Å². The van der Waals surface area contributed by atoms with Crippen LogP contribution < -0.4 is 4.74 Å². The van der Waals surface area contributed by atoms with Crippen LogP contribution in [0, 0.1) is 18.3 Å². The number of piperidine rings is 2. The first-order valence-corrected chi connectivity index (χ1v) is 16.9. The van der Waals surface area contributed by atoms with Crippen LogP contribution in [-0.2, 0) is 0 Å². The van der Waals surface area contributed by atoms with Gasteiger partial charge in [-0.15, -0.1) is 0 Å². The summed E-state index contributed by atoms with van der Waals surface area (Å²) in [5, 5.41) is 0.578. The number of para-hydroxylation sites is 2. The predicted octanol–water partition coefficient (Wildman–Crippen LogP) is 8.01. The van der Waals surface area contributed by atoms with Gasteiger partial charge in [0.05, 0.1) is 23.7 Å². The highest BCUT2D eigenvalue weighted by Gasteiger charge is 2.45. The summed E-state index contributed by atoms with van der Waals surface area (Å²) in [4.78, 5) is 23.4. The van der Waals surface area contributed by atoms with Crippen LogP contribution in [0.15, 0.2) is 66.3 Å². The molecule has 7 heteroatoms. The predicted molar refractivity (Wildman–Crippen MR) is 177 cm³/mol. The number of aromatic nitrogens is 2. The molecule has 7 rings (SSSR count). The highest BCUT2D eigenvalue weighted by atomic mass is 35.5. The van der Waals surface area contributed by atoms with E-state index in [2.05, 4.69) is 65.8 Å². The van der Waals surface area contributed by atoms with Gasteiger partial charge in [-0.2, -0.15) is 0 Å². The van der Waals surface area contributed by atoms with Crippen LogP contribution in [0.4, 0.5) is 0 Å². The van der Waals surface area contributed by atoms with Gasteiger partial charge in [0, 0.05) is 36.2 Å². The first-order chi connectivity index (χ1) is 21.3. The molecule has 0 radical (unpaired) electrons. The molecule has 0 saturated carbocycles. The second-order valence-electron chi connectivity index (χ2n) is 13.7. The van der Waals surface area contributed by atoms with Gasteiger partial charge in [-0.3, -0.25) is 9.69 Å². The van der Waals surface area contributed by atoms with Crippen molar-refractivity contribution in [2.24, 2.45) is 11.3 Å². The van der Waals surface area contributed by atoms with Crippen molar-refractivity contribution in [2.75, 3.05) is 26.7 Å². The lowest BCUT2D eigenvalue weighted by atomic mass is 9.66. The lowest BCUT2D eigenvalue weighted by molar-refractivity contribution is 0.0521. The first kappa shape index (κ1) is 29.6. The van der Waals surface area contributed by atoms with Gasteiger partial charge in [-0.05, 0) is 106 Å². The number of likely N-dealkylation sites (tertiary alicyclic amines) is 1. The smallest absolute Gasteiger partial charge is 0.257 e. The van der Waals surface area contributed by atoms with Crippen LogP contribution in [0.3, 0.4) is 0 Å². The summed E-state index contributed by atoms with van der Waals surface area (Å²) >= 11 is 6.18. The Labute approximate surface area is 266 Å². The van der Waals surface area contributed by atoms with Gasteiger partial charge in [-0.1, -0.05) is 54.5 Å². The molecule has 3 aliphatic heterocycles. The number of hydrogen-bond acceptors (Lipinski definition) is 4. The standard InChI is InChI=1S/C37H45ClN4O2/c1-25-7-6-8-27(21-25)37(15-18-40(19-16-37)36(43)32-14-11-28(38)22-35(32)44-3)17-20-41-29-12-13-30(41)24-31(23-29)42-26(2)39-33-9-4-5-10-34(33)42/h4-11,14,22,25,29-31H,12-13,15-21,23-24H2,1-3H3/t25?,29-,30+,31?. The third-order valence-electron chi connectivity index (χ3n) is 11.2. The number of allylic oxidation sites excluding steroid dienone is 4. The monoisotopic (exact) mass is 612 g/mol. The van der Waals surface area contributed by atoms with E-state index in [4.69, 9.17) is 21.3 Å². The normalized spacial score (nSPS) is 26.6. The van der Waals surface area contributed by atoms with E-state index in [1.165, 1.54) is 31.2 Å². The van der Waals surface area contributed by atoms with Crippen molar-refractivity contribution in [1.82, 2.24) is 19.4 Å². The number of ether oxygens (including phenoxy) is 1. The van der Waals surface area contributed by atoms with Crippen molar-refractivity contribution in [3.63, 3.8) is 0 Å². The van der Waals surface area contributed by atoms with Crippen LogP contribution in [-0.4, -0.2) is 64.1 Å². The number of amides is 1. The Balaban J connectivity index is 1.07. The fourth-order valence-electron chi connectivity index (χ4n) is 8.91. The summed E-state index contributed by atoms with van der Waals surface area (Å²) in [5.41, 5.74) is 4.72. The molecule has 4 atom stereocenters. The molecule has 4 aliphatic rings. The summed E-state index contributed by atoms with van der Waals surface area (Å²) in [7, 11) is 1.60. The number of methoxy groups -OCH3 is 1. The van der Waals surface area contributed by atoms with Gasteiger partial charge >= 0.3 is 0 Å². The third kappa shape index (κ3) is 5.38. The number of carbonyl (C=O) groups excluding carboxylic acids is 1. The highest BCUT2D eigenvalue weighted by molar-refractivity contribution is 6.30. The van der Waals surface area contributed by atoms with Gasteiger partial charge < -0.3 is 14.2 Å². The van der Waals surface area contributed by atoms with Crippen molar-refractivity contribution in [3.8, 4) is 5.75 Å². The number of nitrogens with zero attached hydrogens (tertiary/aromatic N) is 4. The number of rotatable bonds is 7. The molecule has 2 unspecified atom stereocenters. The van der Waals surface area contributed by atoms with Crippen molar-refractivity contribution >= 4 is 28.5 Å². The summed E-state index contributed by atoms with van der Waals surface area (Å²) in [6.07, 6.45) is 16.3. The fraction of sp³-hybridized carbons (Fsp3) is 0.514. The molecule has 6 nitrogen and oxygen atoms in total. The largest absolute Gasteiger partial charge is 0.496 e. The molecule has 2 bridgehead atoms. The molecule has 1 amide bonds. The lowest BCUT2D eigenvalue weighted by Gasteiger charge is -2.47. The number of benzene rings is 2. The quantitative estimate of drug-likeness (QED) is 0.271. The number of imidazole rings is 1. The summed E-state index contributed by atoms with van der Waals surface area (Å²) in [5.74, 6) is 2.29. The average molecular weight is 613 g/mol. The van der Waals surface area contributed by atoms with Crippen molar-refractivity contribution < 1.29 is 9.53 Å². The van der Waals surface area contributed by atoms with Crippen LogP contribution in [0.25, 0.3) is 11.0 Å². The topological polar surface area (TPSA) is 50.6 Å². The minimum Gasteiger partial charge on any atom is -0.496 e. The zero-order valence-electron chi connectivity index (χ0n) is 26.3. The molecule has 1 aromatic heterocycles. The zero-order chi connectivity index (χ0) is 30.4. The molecule has 2 aromatic carbocycles. The zero-order valence-corrected chi connectivity index (χ0v) is 27.1. The summed E-state index contributed by atoms with van der Waals surface area (Å²) in [6.45, 7) is 7.17. The Morgan fingerprint density at radius 1 is 1.07 bits per heavy atom. The van der Waals surface area contributed by atoms with Crippen molar-refractivity contribution in [3.05, 3.63) is 82.7 Å². The first-order valence-electron chi connectivity index (χ1n) is 16.6. The molecule has 3 fully saturated rings.